The molecular weight excluding hydrogens is 358 g/mol. The fraction of sp³-hybridized carbons (Fsp3) is 0.450. The van der Waals surface area contributed by atoms with Crippen LogP contribution in [0.1, 0.15) is 41.1 Å². The van der Waals surface area contributed by atoms with Crippen LogP contribution in [0.3, 0.4) is 0 Å². The summed E-state index contributed by atoms with van der Waals surface area (Å²) in [6.07, 6.45) is 8.02. The molecule has 2 aromatic rings. The predicted molar refractivity (Wildman–Crippen MR) is 103 cm³/mol. The van der Waals surface area contributed by atoms with Crippen molar-refractivity contribution in [3.8, 4) is 0 Å². The lowest BCUT2D eigenvalue weighted by molar-refractivity contribution is -0.116. The molecule has 0 bridgehead atoms. The molecule has 0 radical (unpaired) electrons. The van der Waals surface area contributed by atoms with E-state index in [0.29, 0.717) is 17.0 Å². The van der Waals surface area contributed by atoms with Crippen LogP contribution in [-0.4, -0.2) is 53.0 Å². The number of hydrazone groups is 1. The molecule has 0 saturated carbocycles. The van der Waals surface area contributed by atoms with Crippen LogP contribution in [-0.2, 0) is 28.9 Å². The molecule has 8 nitrogen and oxygen atoms in total. The Morgan fingerprint density at radius 2 is 2.07 bits per heavy atom. The zero-order chi connectivity index (χ0) is 18.9. The highest BCUT2D eigenvalue weighted by molar-refractivity contribution is 6.32. The maximum atomic E-state index is 12.4. The van der Waals surface area contributed by atoms with Crippen molar-refractivity contribution in [3.05, 3.63) is 46.1 Å². The molecule has 0 spiro atoms. The van der Waals surface area contributed by atoms with E-state index in [9.17, 15) is 4.79 Å². The Morgan fingerprint density at radius 1 is 1.21 bits per heavy atom. The molecular formula is C20H23N5O3. The van der Waals surface area contributed by atoms with Crippen LogP contribution >= 0.6 is 0 Å². The Morgan fingerprint density at radius 3 is 2.89 bits per heavy atom. The minimum absolute atomic E-state index is 0.226. The Balaban J connectivity index is 1.53. The maximum absolute atomic E-state index is 12.4. The van der Waals surface area contributed by atoms with Crippen LogP contribution in [0.2, 0.25) is 0 Å². The number of aromatic nitrogens is 2. The monoisotopic (exact) mass is 381 g/mol. The second-order valence-electron chi connectivity index (χ2n) is 7.41. The highest BCUT2D eigenvalue weighted by atomic mass is 16.5. The van der Waals surface area contributed by atoms with Gasteiger partial charge in [-0.3, -0.25) is 9.69 Å². The molecule has 2 aromatic heterocycles. The van der Waals surface area contributed by atoms with Crippen molar-refractivity contribution < 1.29 is 14.1 Å². The van der Waals surface area contributed by atoms with Crippen molar-refractivity contribution >= 4 is 17.7 Å². The van der Waals surface area contributed by atoms with E-state index in [1.807, 2.05) is 6.08 Å². The molecule has 1 fully saturated rings. The number of carbonyl (C=O) groups is 1. The van der Waals surface area contributed by atoms with E-state index in [4.69, 9.17) is 9.26 Å². The van der Waals surface area contributed by atoms with Gasteiger partial charge >= 0.3 is 0 Å². The van der Waals surface area contributed by atoms with E-state index in [2.05, 4.69) is 25.6 Å². The van der Waals surface area contributed by atoms with E-state index in [1.54, 1.807) is 12.3 Å². The summed E-state index contributed by atoms with van der Waals surface area (Å²) in [7, 11) is 0. The van der Waals surface area contributed by atoms with Gasteiger partial charge in [-0.2, -0.15) is 5.10 Å². The number of fused-ring (bicyclic) bond motifs is 1. The van der Waals surface area contributed by atoms with Crippen LogP contribution in [0.5, 0.6) is 0 Å². The van der Waals surface area contributed by atoms with Crippen LogP contribution in [0.15, 0.2) is 27.5 Å². The minimum atomic E-state index is -0.226. The number of aryl methyl sites for hydroxylation is 1. The highest BCUT2D eigenvalue weighted by Crippen LogP contribution is 2.30. The molecule has 5 rings (SSSR count). The average molecular weight is 381 g/mol. The standard InChI is InChI=1S/C20H23N5O3/c26-20-14(19(23-24-20)18-5-6-21-28-18)11-17-15(12-25-7-9-27-10-8-25)13-3-1-2-4-16(13)22-17/h5-6,11,22H,1-4,7-10,12H2,(H,24,26). The number of amides is 1. The zero-order valence-electron chi connectivity index (χ0n) is 15.7. The van der Waals surface area contributed by atoms with Gasteiger partial charge in [-0.15, -0.1) is 0 Å². The molecule has 1 aliphatic carbocycles. The molecule has 0 unspecified atom stereocenters. The number of aromatic amines is 1. The second kappa shape index (κ2) is 7.37. The Hall–Kier alpha value is -2.71. The van der Waals surface area contributed by atoms with Crippen LogP contribution in [0, 0.1) is 0 Å². The molecule has 146 valence electrons. The topological polar surface area (TPSA) is 95.8 Å². The number of hydrogen-bond donors (Lipinski definition) is 2. The number of rotatable bonds is 4. The molecule has 3 aliphatic rings. The normalized spacial score (nSPS) is 21.6. The fourth-order valence-electron chi connectivity index (χ4n) is 4.20. The van der Waals surface area contributed by atoms with Crippen molar-refractivity contribution in [2.24, 2.45) is 5.10 Å². The largest absolute Gasteiger partial charge is 0.379 e. The van der Waals surface area contributed by atoms with Gasteiger partial charge in [0.05, 0.1) is 25.0 Å². The van der Waals surface area contributed by atoms with E-state index in [0.717, 1.165) is 51.4 Å². The number of nitrogens with one attached hydrogen (secondary N) is 2. The third kappa shape index (κ3) is 3.18. The minimum Gasteiger partial charge on any atom is -0.379 e. The Labute approximate surface area is 162 Å². The fourth-order valence-corrected chi connectivity index (χ4v) is 4.20. The summed E-state index contributed by atoms with van der Waals surface area (Å²) >= 11 is 0. The van der Waals surface area contributed by atoms with Gasteiger partial charge in [0.15, 0.2) is 5.76 Å². The van der Waals surface area contributed by atoms with Gasteiger partial charge in [-0.05, 0) is 42.9 Å². The van der Waals surface area contributed by atoms with E-state index >= 15 is 0 Å². The molecule has 1 saturated heterocycles. The molecule has 4 heterocycles. The first-order chi connectivity index (χ1) is 13.8. The maximum Gasteiger partial charge on any atom is 0.273 e. The van der Waals surface area contributed by atoms with Crippen molar-refractivity contribution in [1.82, 2.24) is 20.5 Å². The number of carbonyl (C=O) groups excluding carboxylic acids is 1. The van der Waals surface area contributed by atoms with E-state index in [-0.39, 0.29) is 5.91 Å². The van der Waals surface area contributed by atoms with Crippen molar-refractivity contribution in [2.45, 2.75) is 32.2 Å². The number of morpholine rings is 1. The number of hydrogen-bond acceptors (Lipinski definition) is 6. The number of nitrogens with zero attached hydrogens (tertiary/aromatic N) is 3. The van der Waals surface area contributed by atoms with E-state index in [1.165, 1.54) is 29.7 Å². The molecule has 0 aromatic carbocycles. The summed E-state index contributed by atoms with van der Waals surface area (Å²) in [5, 5.41) is 7.87. The van der Waals surface area contributed by atoms with Gasteiger partial charge in [0.25, 0.3) is 5.91 Å². The predicted octanol–water partition coefficient (Wildman–Crippen LogP) is 1.63. The lowest BCUT2D eigenvalue weighted by atomic mass is 9.93. The Bertz CT molecular complexity index is 935. The smallest absolute Gasteiger partial charge is 0.273 e. The molecule has 1 amide bonds. The molecule has 0 atom stereocenters. The summed E-state index contributed by atoms with van der Waals surface area (Å²) in [5.41, 5.74) is 8.55. The Kier molecular flexibility index (Phi) is 4.58. The van der Waals surface area contributed by atoms with Crippen molar-refractivity contribution in [1.29, 1.82) is 0 Å². The highest BCUT2D eigenvalue weighted by Gasteiger charge is 2.28. The lowest BCUT2D eigenvalue weighted by Crippen LogP contribution is -2.36. The molecule has 2 N–H and O–H groups in total. The first-order valence-corrected chi connectivity index (χ1v) is 9.83. The third-order valence-electron chi connectivity index (χ3n) is 5.66. The summed E-state index contributed by atoms with van der Waals surface area (Å²) in [5.74, 6) is 0.256. The third-order valence-corrected chi connectivity index (χ3v) is 5.66. The van der Waals surface area contributed by atoms with Crippen LogP contribution in [0.25, 0.3) is 6.08 Å². The van der Waals surface area contributed by atoms with E-state index < -0.39 is 0 Å². The summed E-state index contributed by atoms with van der Waals surface area (Å²) in [4.78, 5) is 18.4. The van der Waals surface area contributed by atoms with Crippen LogP contribution in [0.4, 0.5) is 0 Å². The van der Waals surface area contributed by atoms with Crippen molar-refractivity contribution in [2.75, 3.05) is 26.3 Å². The summed E-state index contributed by atoms with van der Waals surface area (Å²) in [6.45, 7) is 4.27. The van der Waals surface area contributed by atoms with Crippen molar-refractivity contribution in [3.63, 3.8) is 0 Å². The zero-order valence-corrected chi connectivity index (χ0v) is 15.7. The van der Waals surface area contributed by atoms with Crippen LogP contribution < -0.4 is 5.43 Å². The first kappa shape index (κ1) is 17.4. The lowest BCUT2D eigenvalue weighted by Gasteiger charge is -2.27. The summed E-state index contributed by atoms with van der Waals surface area (Å²) in [6, 6.07) is 1.71. The summed E-state index contributed by atoms with van der Waals surface area (Å²) < 4.78 is 10.7. The second-order valence-corrected chi connectivity index (χ2v) is 7.41. The number of ether oxygens (including phenoxy) is 1. The molecule has 28 heavy (non-hydrogen) atoms. The average Bonchev–Trinajstić information content (AvgIpc) is 3.44. The van der Waals surface area contributed by atoms with Gasteiger partial charge in [0, 0.05) is 37.1 Å². The first-order valence-electron chi connectivity index (χ1n) is 9.83. The molecule has 2 aliphatic heterocycles. The molecule has 8 heteroatoms. The quantitative estimate of drug-likeness (QED) is 0.785. The van der Waals surface area contributed by atoms with Gasteiger partial charge < -0.3 is 14.2 Å². The van der Waals surface area contributed by atoms with Gasteiger partial charge in [-0.25, -0.2) is 5.43 Å². The number of H-pyrrole nitrogens is 1. The SMILES string of the molecule is O=C1NN=C(c2ccno2)C1=Cc1[nH]c2c(c1CN1CCOCC1)CCCC2. The van der Waals surface area contributed by atoms with Gasteiger partial charge in [0.1, 0.15) is 5.71 Å². The van der Waals surface area contributed by atoms with Gasteiger partial charge in [0.2, 0.25) is 0 Å². The van der Waals surface area contributed by atoms with Gasteiger partial charge in [-0.1, -0.05) is 5.16 Å².